The Balaban J connectivity index is 2.08. The number of nitrogens with zero attached hydrogens (tertiary/aromatic N) is 4. The molecule has 0 bridgehead atoms. The van der Waals surface area contributed by atoms with Gasteiger partial charge >= 0.3 is 0 Å². The van der Waals surface area contributed by atoms with Crippen molar-refractivity contribution in [1.82, 2.24) is 20.3 Å². The molecule has 2 rings (SSSR count). The first-order valence-corrected chi connectivity index (χ1v) is 7.15. The maximum absolute atomic E-state index is 11.8. The Morgan fingerprint density at radius 1 is 1.29 bits per heavy atom. The molecule has 1 fully saturated rings. The van der Waals surface area contributed by atoms with Gasteiger partial charge in [-0.05, 0) is 26.7 Å². The number of aromatic nitrogens is 3. The molecule has 0 unspecified atom stereocenters. The van der Waals surface area contributed by atoms with E-state index in [1.54, 1.807) is 7.05 Å². The van der Waals surface area contributed by atoms with E-state index in [2.05, 4.69) is 30.5 Å². The molecule has 21 heavy (non-hydrogen) atoms. The van der Waals surface area contributed by atoms with Crippen molar-refractivity contribution in [1.29, 1.82) is 0 Å². The Hall–Kier alpha value is -2.12. The molecule has 4 N–H and O–H groups in total. The third-order valence-electron chi connectivity index (χ3n) is 3.56. The van der Waals surface area contributed by atoms with Crippen LogP contribution in [0.2, 0.25) is 0 Å². The maximum Gasteiger partial charge on any atom is 0.231 e. The summed E-state index contributed by atoms with van der Waals surface area (Å²) in [5, 5.41) is 5.72. The number of nitrogens with one attached hydrogen (secondary N) is 2. The zero-order valence-electron chi connectivity index (χ0n) is 12.8. The van der Waals surface area contributed by atoms with Crippen LogP contribution in [0.4, 0.5) is 17.8 Å². The summed E-state index contributed by atoms with van der Waals surface area (Å²) >= 11 is 0. The number of carbonyl (C=O) groups is 1. The summed E-state index contributed by atoms with van der Waals surface area (Å²) < 4.78 is 0. The van der Waals surface area contributed by atoms with E-state index >= 15 is 0 Å². The molecule has 0 saturated carbocycles. The average molecular weight is 293 g/mol. The fraction of sp³-hybridized carbons (Fsp3) is 0.692. The molecule has 1 aromatic rings. The number of anilines is 3. The summed E-state index contributed by atoms with van der Waals surface area (Å²) in [6.45, 7) is 5.99. The molecule has 2 heterocycles. The molecule has 0 radical (unpaired) electrons. The van der Waals surface area contributed by atoms with Gasteiger partial charge in [0.05, 0.1) is 5.41 Å². The molecule has 0 aromatic carbocycles. The van der Waals surface area contributed by atoms with E-state index in [1.807, 2.05) is 13.8 Å². The molecule has 8 heteroatoms. The maximum atomic E-state index is 11.8. The van der Waals surface area contributed by atoms with Crippen molar-refractivity contribution in [2.45, 2.75) is 26.7 Å². The second-order valence-electron chi connectivity index (χ2n) is 5.83. The third kappa shape index (κ3) is 3.71. The normalized spacial score (nSPS) is 15.1. The number of carbonyl (C=O) groups excluding carboxylic acids is 1. The van der Waals surface area contributed by atoms with Crippen molar-refractivity contribution in [2.75, 3.05) is 42.6 Å². The van der Waals surface area contributed by atoms with Crippen LogP contribution in [0.5, 0.6) is 0 Å². The van der Waals surface area contributed by atoms with E-state index in [0.717, 1.165) is 25.9 Å². The predicted octanol–water partition coefficient (Wildman–Crippen LogP) is 0.238. The van der Waals surface area contributed by atoms with Gasteiger partial charge in [-0.1, -0.05) is 0 Å². The number of amides is 1. The van der Waals surface area contributed by atoms with Crippen molar-refractivity contribution in [3.63, 3.8) is 0 Å². The van der Waals surface area contributed by atoms with Crippen LogP contribution in [0.3, 0.4) is 0 Å². The summed E-state index contributed by atoms with van der Waals surface area (Å²) in [5.41, 5.74) is 5.18. The van der Waals surface area contributed by atoms with Crippen LogP contribution >= 0.6 is 0 Å². The molecular formula is C13H23N7O. The van der Waals surface area contributed by atoms with E-state index in [-0.39, 0.29) is 11.9 Å². The Labute approximate surface area is 124 Å². The third-order valence-corrected chi connectivity index (χ3v) is 3.56. The zero-order valence-corrected chi connectivity index (χ0v) is 12.8. The van der Waals surface area contributed by atoms with Crippen LogP contribution in [0, 0.1) is 5.41 Å². The molecule has 0 spiro atoms. The SMILES string of the molecule is CNC(=O)C(C)(C)CNc1nc(N)nc(N2CCCC2)n1. The molecule has 1 saturated heterocycles. The van der Waals surface area contributed by atoms with Crippen molar-refractivity contribution < 1.29 is 4.79 Å². The first kappa shape index (κ1) is 15.3. The topological polar surface area (TPSA) is 109 Å². The molecule has 116 valence electrons. The molecule has 1 amide bonds. The van der Waals surface area contributed by atoms with Gasteiger partial charge in [0.2, 0.25) is 23.8 Å². The second-order valence-corrected chi connectivity index (χ2v) is 5.83. The Morgan fingerprint density at radius 2 is 1.95 bits per heavy atom. The van der Waals surface area contributed by atoms with Gasteiger partial charge in [0.1, 0.15) is 0 Å². The van der Waals surface area contributed by atoms with Crippen LogP contribution in [-0.4, -0.2) is 47.5 Å². The highest BCUT2D eigenvalue weighted by Gasteiger charge is 2.27. The Kier molecular flexibility index (Phi) is 4.44. The summed E-state index contributed by atoms with van der Waals surface area (Å²) in [4.78, 5) is 26.5. The highest BCUT2D eigenvalue weighted by atomic mass is 16.2. The molecular weight excluding hydrogens is 270 g/mol. The first-order chi connectivity index (χ1) is 9.92. The van der Waals surface area contributed by atoms with Crippen molar-refractivity contribution in [2.24, 2.45) is 5.41 Å². The summed E-state index contributed by atoms with van der Waals surface area (Å²) in [7, 11) is 1.62. The van der Waals surface area contributed by atoms with Crippen LogP contribution in [0.1, 0.15) is 26.7 Å². The average Bonchev–Trinajstić information content (AvgIpc) is 2.98. The van der Waals surface area contributed by atoms with E-state index in [4.69, 9.17) is 5.73 Å². The van der Waals surface area contributed by atoms with Crippen molar-refractivity contribution in [3.8, 4) is 0 Å². The van der Waals surface area contributed by atoms with Gasteiger partial charge in [0.25, 0.3) is 0 Å². The lowest BCUT2D eigenvalue weighted by Crippen LogP contribution is -2.39. The van der Waals surface area contributed by atoms with Crippen LogP contribution in [0.15, 0.2) is 0 Å². The van der Waals surface area contributed by atoms with Crippen LogP contribution in [-0.2, 0) is 4.79 Å². The highest BCUT2D eigenvalue weighted by Crippen LogP contribution is 2.19. The van der Waals surface area contributed by atoms with Gasteiger partial charge < -0.3 is 21.3 Å². The van der Waals surface area contributed by atoms with E-state index in [0.29, 0.717) is 18.4 Å². The largest absolute Gasteiger partial charge is 0.368 e. The fourth-order valence-corrected chi connectivity index (χ4v) is 2.24. The fourth-order valence-electron chi connectivity index (χ4n) is 2.24. The van der Waals surface area contributed by atoms with Crippen molar-refractivity contribution in [3.05, 3.63) is 0 Å². The second kappa shape index (κ2) is 6.11. The van der Waals surface area contributed by atoms with Crippen molar-refractivity contribution >= 4 is 23.8 Å². The first-order valence-electron chi connectivity index (χ1n) is 7.15. The lowest BCUT2D eigenvalue weighted by Gasteiger charge is -2.23. The highest BCUT2D eigenvalue weighted by molar-refractivity contribution is 5.82. The number of hydrogen-bond acceptors (Lipinski definition) is 7. The summed E-state index contributed by atoms with van der Waals surface area (Å²) in [5.74, 6) is 1.14. The van der Waals surface area contributed by atoms with E-state index in [9.17, 15) is 4.79 Å². The van der Waals surface area contributed by atoms with Gasteiger partial charge in [-0.3, -0.25) is 4.79 Å². The number of nitrogen functional groups attached to an aromatic ring is 1. The van der Waals surface area contributed by atoms with Gasteiger partial charge in [-0.25, -0.2) is 0 Å². The van der Waals surface area contributed by atoms with Crippen LogP contribution in [0.25, 0.3) is 0 Å². The minimum absolute atomic E-state index is 0.0446. The van der Waals surface area contributed by atoms with Gasteiger partial charge in [0, 0.05) is 26.7 Å². The summed E-state index contributed by atoms with van der Waals surface area (Å²) in [6, 6.07) is 0. The number of rotatable bonds is 5. The lowest BCUT2D eigenvalue weighted by molar-refractivity contribution is -0.128. The molecule has 1 aliphatic heterocycles. The standard InChI is InChI=1S/C13H23N7O/c1-13(2,9(21)15-3)8-16-11-17-10(14)18-12(19-11)20-6-4-5-7-20/h4-8H2,1-3H3,(H,15,21)(H3,14,16,17,18,19). The van der Waals surface area contributed by atoms with Gasteiger partial charge in [0.15, 0.2) is 0 Å². The molecule has 0 atom stereocenters. The van der Waals surface area contributed by atoms with E-state index < -0.39 is 5.41 Å². The van der Waals surface area contributed by atoms with Gasteiger partial charge in [-0.2, -0.15) is 15.0 Å². The Bertz CT molecular complexity index is 511. The minimum atomic E-state index is -0.566. The number of nitrogens with two attached hydrogens (primary N) is 1. The predicted molar refractivity (Wildman–Crippen MR) is 82.0 cm³/mol. The monoisotopic (exact) mass is 293 g/mol. The van der Waals surface area contributed by atoms with E-state index in [1.165, 1.54) is 0 Å². The number of hydrogen-bond donors (Lipinski definition) is 3. The lowest BCUT2D eigenvalue weighted by atomic mass is 9.92. The molecule has 1 aliphatic rings. The van der Waals surface area contributed by atoms with Crippen LogP contribution < -0.4 is 21.3 Å². The molecule has 8 nitrogen and oxygen atoms in total. The summed E-state index contributed by atoms with van der Waals surface area (Å²) in [6.07, 6.45) is 2.27. The molecule has 0 aliphatic carbocycles. The minimum Gasteiger partial charge on any atom is -0.368 e. The Morgan fingerprint density at radius 3 is 2.57 bits per heavy atom. The quantitative estimate of drug-likeness (QED) is 0.713. The zero-order chi connectivity index (χ0) is 15.5. The molecule has 1 aromatic heterocycles. The van der Waals surface area contributed by atoms with Gasteiger partial charge in [-0.15, -0.1) is 0 Å². The smallest absolute Gasteiger partial charge is 0.231 e.